The Morgan fingerprint density at radius 3 is 2.58 bits per heavy atom. The number of nitrogens with zero attached hydrogens (tertiary/aromatic N) is 3. The van der Waals surface area contributed by atoms with Crippen LogP contribution in [0.2, 0.25) is 0 Å². The lowest BCUT2D eigenvalue weighted by Gasteiger charge is -2.34. The van der Waals surface area contributed by atoms with Gasteiger partial charge in [0.2, 0.25) is 11.8 Å². The molecule has 0 aromatic heterocycles. The summed E-state index contributed by atoms with van der Waals surface area (Å²) < 4.78 is 0. The van der Waals surface area contributed by atoms with Gasteiger partial charge in [-0.15, -0.1) is 0 Å². The monoisotopic (exact) mass is 358 g/mol. The molecule has 2 heterocycles. The zero-order valence-electron chi connectivity index (χ0n) is 15.7. The van der Waals surface area contributed by atoms with Crippen LogP contribution >= 0.6 is 0 Å². The van der Waals surface area contributed by atoms with Gasteiger partial charge in [0.1, 0.15) is 6.54 Å². The predicted octanol–water partition coefficient (Wildman–Crippen LogP) is 1.11. The van der Waals surface area contributed by atoms with Gasteiger partial charge < -0.3 is 15.1 Å². The first kappa shape index (κ1) is 18.9. The molecule has 0 atom stereocenters. The number of likely N-dealkylation sites (N-methyl/N-ethyl adjacent to an activating group) is 1. The van der Waals surface area contributed by atoms with Crippen LogP contribution in [0.3, 0.4) is 0 Å². The Kier molecular flexibility index (Phi) is 6.63. The first-order chi connectivity index (χ1) is 12.7. The van der Waals surface area contributed by atoms with Crippen molar-refractivity contribution in [1.82, 2.24) is 15.1 Å². The highest BCUT2D eigenvalue weighted by molar-refractivity contribution is 5.99. The molecule has 1 aromatic rings. The average Bonchev–Trinajstić information content (AvgIpc) is 2.82. The number of hydrogen-bond acceptors (Lipinski definition) is 4. The van der Waals surface area contributed by atoms with Crippen molar-refractivity contribution in [2.45, 2.75) is 26.2 Å². The minimum absolute atomic E-state index is 0.0424. The first-order valence-corrected chi connectivity index (χ1v) is 9.77. The lowest BCUT2D eigenvalue weighted by atomic mass is 10.1. The summed E-state index contributed by atoms with van der Waals surface area (Å²) in [5, 5.41) is 2.99. The standard InChI is InChI=1S/C20H30N4O2/c1-2-22-12-14-23(15-13-22)11-10-21-19(25)16-24-18-8-4-3-6-17(18)7-5-9-20(24)26/h3-4,6,8H,2,5,7,9-16H2,1H3,(H,21,25). The van der Waals surface area contributed by atoms with E-state index in [2.05, 4.69) is 28.1 Å². The van der Waals surface area contributed by atoms with E-state index >= 15 is 0 Å². The van der Waals surface area contributed by atoms with E-state index in [1.165, 1.54) is 0 Å². The molecule has 2 amide bonds. The summed E-state index contributed by atoms with van der Waals surface area (Å²) in [5.74, 6) is -0.0389. The number of aryl methyl sites for hydroxylation is 1. The molecule has 2 aliphatic heterocycles. The Balaban J connectivity index is 1.48. The maximum absolute atomic E-state index is 12.4. The second-order valence-corrected chi connectivity index (χ2v) is 7.09. The van der Waals surface area contributed by atoms with E-state index in [-0.39, 0.29) is 18.4 Å². The van der Waals surface area contributed by atoms with Crippen molar-refractivity contribution in [1.29, 1.82) is 0 Å². The Labute approximate surface area is 156 Å². The van der Waals surface area contributed by atoms with Gasteiger partial charge in [-0.1, -0.05) is 25.1 Å². The molecule has 0 aliphatic carbocycles. The molecule has 0 saturated carbocycles. The fraction of sp³-hybridized carbons (Fsp3) is 0.600. The molecule has 6 nitrogen and oxygen atoms in total. The van der Waals surface area contributed by atoms with E-state index in [4.69, 9.17) is 0 Å². The number of para-hydroxylation sites is 1. The van der Waals surface area contributed by atoms with Gasteiger partial charge in [0.25, 0.3) is 0 Å². The second-order valence-electron chi connectivity index (χ2n) is 7.09. The summed E-state index contributed by atoms with van der Waals surface area (Å²) in [6.07, 6.45) is 2.24. The van der Waals surface area contributed by atoms with Gasteiger partial charge >= 0.3 is 0 Å². The van der Waals surface area contributed by atoms with Crippen LogP contribution in [-0.2, 0) is 16.0 Å². The van der Waals surface area contributed by atoms with Crippen molar-refractivity contribution in [3.63, 3.8) is 0 Å². The smallest absolute Gasteiger partial charge is 0.240 e. The summed E-state index contributed by atoms with van der Waals surface area (Å²) >= 11 is 0. The van der Waals surface area contributed by atoms with E-state index in [9.17, 15) is 9.59 Å². The third kappa shape index (κ3) is 4.83. The number of rotatable bonds is 6. The molecule has 6 heteroatoms. The first-order valence-electron chi connectivity index (χ1n) is 9.77. The number of benzene rings is 1. The number of amides is 2. The SMILES string of the molecule is CCN1CCN(CCNC(=O)CN2C(=O)CCCc3ccccc32)CC1. The van der Waals surface area contributed by atoms with Gasteiger partial charge in [-0.25, -0.2) is 0 Å². The van der Waals surface area contributed by atoms with E-state index in [1.807, 2.05) is 18.2 Å². The fourth-order valence-corrected chi connectivity index (χ4v) is 3.74. The van der Waals surface area contributed by atoms with Crippen LogP contribution in [0.25, 0.3) is 0 Å². The molecule has 26 heavy (non-hydrogen) atoms. The molecule has 1 saturated heterocycles. The molecule has 0 unspecified atom stereocenters. The summed E-state index contributed by atoms with van der Waals surface area (Å²) in [5.41, 5.74) is 2.04. The highest BCUT2D eigenvalue weighted by atomic mass is 16.2. The Morgan fingerprint density at radius 2 is 1.81 bits per heavy atom. The molecule has 1 N–H and O–H groups in total. The minimum atomic E-state index is -0.0813. The quantitative estimate of drug-likeness (QED) is 0.828. The summed E-state index contributed by atoms with van der Waals surface area (Å²) in [4.78, 5) is 31.3. The highest BCUT2D eigenvalue weighted by Crippen LogP contribution is 2.26. The lowest BCUT2D eigenvalue weighted by molar-refractivity contribution is -0.123. The third-order valence-electron chi connectivity index (χ3n) is 5.38. The molecule has 1 aromatic carbocycles. The Bertz CT molecular complexity index is 626. The van der Waals surface area contributed by atoms with Crippen LogP contribution in [0.4, 0.5) is 5.69 Å². The van der Waals surface area contributed by atoms with Gasteiger partial charge in [-0.2, -0.15) is 0 Å². The normalized spacial score (nSPS) is 19.1. The minimum Gasteiger partial charge on any atom is -0.353 e. The zero-order chi connectivity index (χ0) is 18.4. The van der Waals surface area contributed by atoms with E-state index in [0.717, 1.165) is 63.4 Å². The van der Waals surface area contributed by atoms with Crippen molar-refractivity contribution in [2.24, 2.45) is 0 Å². The Morgan fingerprint density at radius 1 is 1.08 bits per heavy atom. The fourth-order valence-electron chi connectivity index (χ4n) is 3.74. The van der Waals surface area contributed by atoms with Crippen LogP contribution in [0, 0.1) is 0 Å². The topological polar surface area (TPSA) is 55.9 Å². The number of piperazine rings is 1. The van der Waals surface area contributed by atoms with Crippen molar-refractivity contribution < 1.29 is 9.59 Å². The van der Waals surface area contributed by atoms with Crippen molar-refractivity contribution in [3.05, 3.63) is 29.8 Å². The maximum Gasteiger partial charge on any atom is 0.240 e. The molecule has 0 bridgehead atoms. The van der Waals surface area contributed by atoms with Crippen molar-refractivity contribution in [2.75, 3.05) is 57.3 Å². The molecule has 3 rings (SSSR count). The third-order valence-corrected chi connectivity index (χ3v) is 5.38. The van der Waals surface area contributed by atoms with Gasteiger partial charge in [-0.3, -0.25) is 14.5 Å². The molecule has 0 spiro atoms. The second kappa shape index (κ2) is 9.14. The molecular weight excluding hydrogens is 328 g/mol. The van der Waals surface area contributed by atoms with Crippen LogP contribution < -0.4 is 10.2 Å². The van der Waals surface area contributed by atoms with E-state index < -0.39 is 0 Å². The van der Waals surface area contributed by atoms with Gasteiger partial charge in [0, 0.05) is 51.4 Å². The predicted molar refractivity (Wildman–Crippen MR) is 103 cm³/mol. The summed E-state index contributed by atoms with van der Waals surface area (Å²) in [7, 11) is 0. The van der Waals surface area contributed by atoms with Crippen LogP contribution in [0.1, 0.15) is 25.3 Å². The van der Waals surface area contributed by atoms with E-state index in [0.29, 0.717) is 13.0 Å². The summed E-state index contributed by atoms with van der Waals surface area (Å²) in [6, 6.07) is 7.91. The van der Waals surface area contributed by atoms with E-state index in [1.54, 1.807) is 4.90 Å². The van der Waals surface area contributed by atoms with Crippen LogP contribution in [-0.4, -0.2) is 74.0 Å². The van der Waals surface area contributed by atoms with Gasteiger partial charge in [0.15, 0.2) is 0 Å². The largest absolute Gasteiger partial charge is 0.353 e. The molecule has 2 aliphatic rings. The number of carbonyl (C=O) groups is 2. The van der Waals surface area contributed by atoms with Gasteiger partial charge in [0.05, 0.1) is 0 Å². The highest BCUT2D eigenvalue weighted by Gasteiger charge is 2.24. The number of carbonyl (C=O) groups excluding carboxylic acids is 2. The van der Waals surface area contributed by atoms with Crippen molar-refractivity contribution >= 4 is 17.5 Å². The molecule has 0 radical (unpaired) electrons. The van der Waals surface area contributed by atoms with Crippen molar-refractivity contribution in [3.8, 4) is 0 Å². The van der Waals surface area contributed by atoms with Crippen LogP contribution in [0.15, 0.2) is 24.3 Å². The lowest BCUT2D eigenvalue weighted by Crippen LogP contribution is -2.49. The number of fused-ring (bicyclic) bond motifs is 1. The Hall–Kier alpha value is -1.92. The molecular formula is C20H30N4O2. The molecule has 142 valence electrons. The number of anilines is 1. The summed E-state index contributed by atoms with van der Waals surface area (Å²) in [6.45, 7) is 9.23. The van der Waals surface area contributed by atoms with Crippen LogP contribution in [0.5, 0.6) is 0 Å². The van der Waals surface area contributed by atoms with Gasteiger partial charge in [-0.05, 0) is 31.0 Å². The molecule has 1 fully saturated rings. The zero-order valence-corrected chi connectivity index (χ0v) is 15.7. The number of hydrogen-bond donors (Lipinski definition) is 1. The average molecular weight is 358 g/mol. The number of nitrogens with one attached hydrogen (secondary N) is 1. The maximum atomic E-state index is 12.4.